The van der Waals surface area contributed by atoms with E-state index in [0.29, 0.717) is 29.5 Å². The second-order valence-corrected chi connectivity index (χ2v) is 16.5. The molecule has 1 fully saturated rings. The van der Waals surface area contributed by atoms with Gasteiger partial charge in [-0.1, -0.05) is 108 Å². The van der Waals surface area contributed by atoms with E-state index in [1.807, 2.05) is 60.9 Å². The molecule has 1 aliphatic heterocycles. The smallest absolute Gasteiger partial charge is 0.417 e. The van der Waals surface area contributed by atoms with Gasteiger partial charge in [-0.15, -0.1) is 0 Å². The Bertz CT molecular complexity index is 1070. The molecule has 1 saturated heterocycles. The van der Waals surface area contributed by atoms with Gasteiger partial charge in [-0.2, -0.15) is 0 Å². The first kappa shape index (κ1) is 29.4. The summed E-state index contributed by atoms with van der Waals surface area (Å²) in [7, 11) is -2.03. The zero-order valence-corrected chi connectivity index (χ0v) is 24.7. The van der Waals surface area contributed by atoms with Crippen molar-refractivity contribution in [1.82, 2.24) is 4.90 Å². The van der Waals surface area contributed by atoms with Crippen LogP contribution >= 0.6 is 0 Å². The van der Waals surface area contributed by atoms with E-state index in [1.165, 1.54) is 11.0 Å². The second-order valence-electron chi connectivity index (χ2n) is 11.0. The second kappa shape index (κ2) is 13.6. The topological polar surface area (TPSA) is 55.8 Å². The van der Waals surface area contributed by atoms with Gasteiger partial charge in [0.1, 0.15) is 6.61 Å². The van der Waals surface area contributed by atoms with Crippen LogP contribution in [0, 0.1) is 0 Å². The lowest BCUT2D eigenvalue weighted by atomic mass is 9.95. The number of ether oxygens (including phenoxy) is 1. The molecule has 0 unspecified atom stereocenters. The molecule has 38 heavy (non-hydrogen) atoms. The lowest BCUT2D eigenvalue weighted by Crippen LogP contribution is -2.46. The Kier molecular flexibility index (Phi) is 10.5. The van der Waals surface area contributed by atoms with Crippen molar-refractivity contribution in [3.63, 3.8) is 0 Å². The molecule has 0 aromatic heterocycles. The number of amides is 2. The number of cyclic esters (lactones) is 1. The molecule has 2 amide bonds. The largest absolute Gasteiger partial charge is 0.548 e. The van der Waals surface area contributed by atoms with Crippen LogP contribution in [0.5, 0.6) is 0 Å². The molecule has 0 N–H and O–H groups in total. The van der Waals surface area contributed by atoms with E-state index in [9.17, 15) is 9.59 Å². The minimum Gasteiger partial charge on any atom is -0.548 e. The third kappa shape index (κ3) is 7.04. The van der Waals surface area contributed by atoms with Gasteiger partial charge in [-0.05, 0) is 52.7 Å². The summed E-state index contributed by atoms with van der Waals surface area (Å²) in [6, 6.07) is 19.8. The van der Waals surface area contributed by atoms with Crippen molar-refractivity contribution in [2.75, 3.05) is 6.61 Å². The van der Waals surface area contributed by atoms with Crippen molar-refractivity contribution < 1.29 is 18.8 Å². The number of benzene rings is 2. The summed E-state index contributed by atoms with van der Waals surface area (Å²) in [5, 5.41) is 0. The summed E-state index contributed by atoms with van der Waals surface area (Å²) in [5.41, 5.74) is 3.69. The standard InChI is InChI=1S/C32H43NO4Si/c1-24(2)38(25(3)4,26(5)6)37-21-20-29(28-16-11-8-12-17-28)18-13-19-31(34)33-30(23-36-32(33)35)22-27-14-9-7-10-15-27/h7-17,19-21,24-26,29-30H,18,22-23H2,1-6H3/b19-13+,21-20-/t29-,30-/m0/s1. The molecule has 0 bridgehead atoms. The van der Waals surface area contributed by atoms with Gasteiger partial charge < -0.3 is 9.16 Å². The first-order valence-corrected chi connectivity index (χ1v) is 15.9. The number of imide groups is 1. The molecule has 204 valence electrons. The average Bonchev–Trinajstić information content (AvgIpc) is 3.25. The van der Waals surface area contributed by atoms with Crippen LogP contribution in [-0.4, -0.2) is 37.9 Å². The van der Waals surface area contributed by atoms with Crippen molar-refractivity contribution in [3.8, 4) is 0 Å². The van der Waals surface area contributed by atoms with Gasteiger partial charge in [-0.25, -0.2) is 9.69 Å². The maximum atomic E-state index is 13.0. The number of rotatable bonds is 12. The van der Waals surface area contributed by atoms with Crippen molar-refractivity contribution in [3.05, 3.63) is 96.3 Å². The maximum absolute atomic E-state index is 13.0. The fourth-order valence-electron chi connectivity index (χ4n) is 5.85. The summed E-state index contributed by atoms with van der Waals surface area (Å²) < 4.78 is 11.9. The molecule has 0 aliphatic carbocycles. The number of allylic oxidation sites excluding steroid dienone is 2. The quantitative estimate of drug-likeness (QED) is 0.157. The number of carbonyl (C=O) groups excluding carboxylic acids is 2. The fourth-order valence-corrected chi connectivity index (χ4v) is 11.0. The van der Waals surface area contributed by atoms with Crippen LogP contribution in [0.2, 0.25) is 16.6 Å². The van der Waals surface area contributed by atoms with E-state index < -0.39 is 14.4 Å². The van der Waals surface area contributed by atoms with Gasteiger partial charge in [0.25, 0.3) is 14.2 Å². The maximum Gasteiger partial charge on any atom is 0.417 e. The molecule has 1 aliphatic rings. The van der Waals surface area contributed by atoms with E-state index in [4.69, 9.17) is 9.16 Å². The van der Waals surface area contributed by atoms with E-state index in [0.717, 1.165) is 11.1 Å². The number of carbonyl (C=O) groups is 2. The molecule has 2 aromatic carbocycles. The van der Waals surface area contributed by atoms with Gasteiger partial charge in [0.05, 0.1) is 12.3 Å². The lowest BCUT2D eigenvalue weighted by Gasteiger charge is -2.41. The van der Waals surface area contributed by atoms with Crippen molar-refractivity contribution in [2.45, 2.75) is 83.0 Å². The highest BCUT2D eigenvalue weighted by atomic mass is 28.4. The fraction of sp³-hybridized carbons (Fsp3) is 0.438. The zero-order valence-electron chi connectivity index (χ0n) is 23.7. The molecule has 0 spiro atoms. The van der Waals surface area contributed by atoms with Crippen LogP contribution in [0.25, 0.3) is 0 Å². The average molecular weight is 534 g/mol. The van der Waals surface area contributed by atoms with Crippen molar-refractivity contribution in [2.24, 2.45) is 0 Å². The highest BCUT2D eigenvalue weighted by Crippen LogP contribution is 2.42. The van der Waals surface area contributed by atoms with E-state index in [-0.39, 0.29) is 24.5 Å². The van der Waals surface area contributed by atoms with Crippen molar-refractivity contribution in [1.29, 1.82) is 0 Å². The van der Waals surface area contributed by atoms with Gasteiger partial charge >= 0.3 is 6.09 Å². The molecule has 1 heterocycles. The van der Waals surface area contributed by atoms with E-state index in [1.54, 1.807) is 0 Å². The SMILES string of the molecule is CC(C)[Si](O/C=C\[C@H](C/C=C/C(=O)N1C(=O)OC[C@@H]1Cc1ccccc1)c1ccccc1)(C(C)C)C(C)C. The number of hydrogen-bond donors (Lipinski definition) is 0. The Morgan fingerprint density at radius 1 is 0.974 bits per heavy atom. The summed E-state index contributed by atoms with van der Waals surface area (Å²) in [4.78, 5) is 26.6. The molecule has 2 aromatic rings. The molecule has 3 rings (SSSR count). The third-order valence-electron chi connectivity index (χ3n) is 7.68. The van der Waals surface area contributed by atoms with Gasteiger partial charge in [0.15, 0.2) is 0 Å². The van der Waals surface area contributed by atoms with Gasteiger partial charge in [-0.3, -0.25) is 4.79 Å². The monoisotopic (exact) mass is 533 g/mol. The molecule has 2 atom stereocenters. The summed E-state index contributed by atoms with van der Waals surface area (Å²) >= 11 is 0. The predicted molar refractivity (Wildman–Crippen MR) is 156 cm³/mol. The van der Waals surface area contributed by atoms with Crippen LogP contribution in [0.1, 0.15) is 65.0 Å². The highest BCUT2D eigenvalue weighted by molar-refractivity contribution is 6.77. The summed E-state index contributed by atoms with van der Waals surface area (Å²) in [6.07, 6.45) is 7.99. The van der Waals surface area contributed by atoms with Crippen LogP contribution in [0.15, 0.2) is 85.2 Å². The van der Waals surface area contributed by atoms with Crippen LogP contribution in [-0.2, 0) is 20.4 Å². The first-order chi connectivity index (χ1) is 18.2. The molecule has 0 radical (unpaired) electrons. The van der Waals surface area contributed by atoms with Crippen LogP contribution in [0.3, 0.4) is 0 Å². The Morgan fingerprint density at radius 3 is 2.13 bits per heavy atom. The lowest BCUT2D eigenvalue weighted by molar-refractivity contribution is -0.124. The molecular weight excluding hydrogens is 490 g/mol. The summed E-state index contributed by atoms with van der Waals surface area (Å²) in [5.74, 6) is -0.296. The minimum absolute atomic E-state index is 0.0454. The Labute approximate surface area is 229 Å². The Morgan fingerprint density at radius 2 is 1.55 bits per heavy atom. The summed E-state index contributed by atoms with van der Waals surface area (Å²) in [6.45, 7) is 13.9. The van der Waals surface area contributed by atoms with E-state index in [2.05, 4.69) is 59.8 Å². The first-order valence-electron chi connectivity index (χ1n) is 13.8. The molecule has 6 heteroatoms. The van der Waals surface area contributed by atoms with Crippen LogP contribution in [0.4, 0.5) is 4.79 Å². The Balaban J connectivity index is 1.73. The molecular formula is C32H43NO4Si. The molecule has 0 saturated carbocycles. The van der Waals surface area contributed by atoms with Crippen molar-refractivity contribution >= 4 is 20.3 Å². The third-order valence-corrected chi connectivity index (χ3v) is 13.6. The predicted octanol–water partition coefficient (Wildman–Crippen LogP) is 8.01. The van der Waals surface area contributed by atoms with Crippen LogP contribution < -0.4 is 0 Å². The van der Waals surface area contributed by atoms with E-state index >= 15 is 0 Å². The highest BCUT2D eigenvalue weighted by Gasteiger charge is 2.46. The Hall–Kier alpha value is -3.12. The molecule has 5 nitrogen and oxygen atoms in total. The number of hydrogen-bond acceptors (Lipinski definition) is 4. The zero-order chi connectivity index (χ0) is 27.7. The number of nitrogens with zero attached hydrogens (tertiary/aromatic N) is 1. The normalized spacial score (nSPS) is 17.2. The minimum atomic E-state index is -2.03. The van der Waals surface area contributed by atoms with Gasteiger partial charge in [0, 0.05) is 5.92 Å². The van der Waals surface area contributed by atoms with Gasteiger partial charge in [0.2, 0.25) is 0 Å².